The number of aryl methyl sites for hydroxylation is 1. The summed E-state index contributed by atoms with van der Waals surface area (Å²) < 4.78 is 13.2. The molecule has 18 heavy (non-hydrogen) atoms. The van der Waals surface area contributed by atoms with Crippen molar-refractivity contribution in [3.05, 3.63) is 29.6 Å². The molecule has 1 atom stereocenters. The molecule has 4 N–H and O–H groups in total. The smallest absolute Gasteiger partial charge is 0.334 e. The molecular formula is C11H13FN2O4. The van der Waals surface area contributed by atoms with Crippen LogP contribution in [0.3, 0.4) is 0 Å². The Bertz CT molecular complexity index is 464. The second-order valence-corrected chi connectivity index (χ2v) is 3.65. The van der Waals surface area contributed by atoms with Crippen LogP contribution in [0.4, 0.5) is 14.9 Å². The van der Waals surface area contributed by atoms with Gasteiger partial charge >= 0.3 is 12.0 Å². The molecule has 1 aromatic rings. The largest absolute Gasteiger partial charge is 0.479 e. The number of urea groups is 1. The van der Waals surface area contributed by atoms with Gasteiger partial charge in [0, 0.05) is 5.69 Å². The number of carbonyl (C=O) groups is 2. The Morgan fingerprint density at radius 1 is 1.44 bits per heavy atom. The molecule has 0 saturated carbocycles. The van der Waals surface area contributed by atoms with Crippen molar-refractivity contribution in [3.63, 3.8) is 0 Å². The number of aliphatic hydroxyl groups is 1. The molecule has 1 unspecified atom stereocenters. The van der Waals surface area contributed by atoms with Gasteiger partial charge in [-0.3, -0.25) is 0 Å². The number of amides is 2. The van der Waals surface area contributed by atoms with E-state index in [4.69, 9.17) is 10.2 Å². The third kappa shape index (κ3) is 4.02. The van der Waals surface area contributed by atoms with Crippen LogP contribution in [0.15, 0.2) is 18.2 Å². The fraction of sp³-hybridized carbons (Fsp3) is 0.273. The van der Waals surface area contributed by atoms with Crippen LogP contribution in [0.1, 0.15) is 5.56 Å². The summed E-state index contributed by atoms with van der Waals surface area (Å²) in [6.45, 7) is 1.15. The highest BCUT2D eigenvalue weighted by molar-refractivity contribution is 5.89. The Morgan fingerprint density at radius 2 is 2.11 bits per heavy atom. The number of hydrogen-bond donors (Lipinski definition) is 4. The second-order valence-electron chi connectivity index (χ2n) is 3.65. The molecule has 6 nitrogen and oxygen atoms in total. The van der Waals surface area contributed by atoms with Crippen LogP contribution in [0.5, 0.6) is 0 Å². The zero-order valence-corrected chi connectivity index (χ0v) is 9.61. The highest BCUT2D eigenvalue weighted by atomic mass is 19.1. The highest BCUT2D eigenvalue weighted by Gasteiger charge is 2.14. The van der Waals surface area contributed by atoms with Gasteiger partial charge in [0.05, 0.1) is 6.54 Å². The molecule has 0 fully saturated rings. The van der Waals surface area contributed by atoms with Crippen LogP contribution >= 0.6 is 0 Å². The first-order valence-corrected chi connectivity index (χ1v) is 5.12. The summed E-state index contributed by atoms with van der Waals surface area (Å²) in [5.74, 6) is -1.89. The molecule has 2 amide bonds. The minimum absolute atomic E-state index is 0.236. The lowest BCUT2D eigenvalue weighted by atomic mass is 10.2. The maximum absolute atomic E-state index is 13.2. The van der Waals surface area contributed by atoms with E-state index in [0.29, 0.717) is 5.56 Å². The van der Waals surface area contributed by atoms with Crippen LogP contribution < -0.4 is 10.6 Å². The standard InChI is InChI=1S/C11H13FN2O4/c1-6-2-3-7(4-8(6)12)14-11(18)13-5-9(15)10(16)17/h2-4,9,15H,5H2,1H3,(H,16,17)(H2,13,14,18). The quantitative estimate of drug-likeness (QED) is 0.637. The molecule has 1 rings (SSSR count). The summed E-state index contributed by atoms with van der Waals surface area (Å²) in [7, 11) is 0. The molecule has 1 aromatic carbocycles. The normalized spacial score (nSPS) is 11.7. The van der Waals surface area contributed by atoms with Gasteiger partial charge in [0.1, 0.15) is 5.82 Å². The average Bonchev–Trinajstić information content (AvgIpc) is 2.30. The number of benzene rings is 1. The Labute approximate surface area is 102 Å². The number of rotatable bonds is 4. The Kier molecular flexibility index (Phi) is 4.61. The number of aliphatic carboxylic acids is 1. The van der Waals surface area contributed by atoms with Crippen molar-refractivity contribution in [2.75, 3.05) is 11.9 Å². The molecule has 0 aromatic heterocycles. The number of aliphatic hydroxyl groups excluding tert-OH is 1. The van der Waals surface area contributed by atoms with Crippen LogP contribution in [-0.4, -0.2) is 34.9 Å². The Morgan fingerprint density at radius 3 is 2.67 bits per heavy atom. The van der Waals surface area contributed by atoms with Gasteiger partial charge in [-0.25, -0.2) is 14.0 Å². The summed E-state index contributed by atoms with van der Waals surface area (Å²) >= 11 is 0. The van der Waals surface area contributed by atoms with Gasteiger partial charge in [0.25, 0.3) is 0 Å². The van der Waals surface area contributed by atoms with E-state index in [0.717, 1.165) is 6.07 Å². The third-order valence-electron chi connectivity index (χ3n) is 2.17. The predicted octanol–water partition coefficient (Wildman–Crippen LogP) is 0.701. The summed E-state index contributed by atoms with van der Waals surface area (Å²) in [6.07, 6.45) is -1.68. The maximum Gasteiger partial charge on any atom is 0.334 e. The molecule has 98 valence electrons. The van der Waals surface area contributed by atoms with E-state index in [2.05, 4.69) is 10.6 Å². The lowest BCUT2D eigenvalue weighted by molar-refractivity contribution is -0.146. The highest BCUT2D eigenvalue weighted by Crippen LogP contribution is 2.13. The Balaban J connectivity index is 2.49. The fourth-order valence-corrected chi connectivity index (χ4v) is 1.12. The van der Waals surface area contributed by atoms with Crippen molar-refractivity contribution >= 4 is 17.7 Å². The van der Waals surface area contributed by atoms with Gasteiger partial charge in [-0.05, 0) is 24.6 Å². The van der Waals surface area contributed by atoms with E-state index in [1.807, 2.05) is 0 Å². The molecule has 7 heteroatoms. The lowest BCUT2D eigenvalue weighted by Crippen LogP contribution is -2.38. The fourth-order valence-electron chi connectivity index (χ4n) is 1.12. The number of hydrogen-bond acceptors (Lipinski definition) is 3. The number of carbonyl (C=O) groups excluding carboxylic acids is 1. The topological polar surface area (TPSA) is 98.7 Å². The minimum Gasteiger partial charge on any atom is -0.479 e. The molecular weight excluding hydrogens is 243 g/mol. The van der Waals surface area contributed by atoms with E-state index in [1.54, 1.807) is 6.92 Å². The van der Waals surface area contributed by atoms with Crippen LogP contribution in [0.25, 0.3) is 0 Å². The first-order valence-electron chi connectivity index (χ1n) is 5.12. The predicted molar refractivity (Wildman–Crippen MR) is 61.8 cm³/mol. The van der Waals surface area contributed by atoms with Gasteiger partial charge < -0.3 is 20.8 Å². The summed E-state index contributed by atoms with van der Waals surface area (Å²) in [4.78, 5) is 21.6. The number of anilines is 1. The van der Waals surface area contributed by atoms with Crippen LogP contribution in [0, 0.1) is 12.7 Å². The summed E-state index contributed by atoms with van der Waals surface area (Å²) in [6, 6.07) is 3.42. The zero-order chi connectivity index (χ0) is 13.7. The van der Waals surface area contributed by atoms with Crippen molar-refractivity contribution in [1.82, 2.24) is 5.32 Å². The summed E-state index contributed by atoms with van der Waals surface area (Å²) in [5.41, 5.74) is 0.683. The second kappa shape index (κ2) is 5.97. The Hall–Kier alpha value is -2.15. The van der Waals surface area contributed by atoms with Crippen molar-refractivity contribution in [3.8, 4) is 0 Å². The van der Waals surface area contributed by atoms with Crippen molar-refractivity contribution in [2.24, 2.45) is 0 Å². The van der Waals surface area contributed by atoms with Crippen molar-refractivity contribution < 1.29 is 24.2 Å². The molecule has 0 aliphatic rings. The molecule has 0 bridgehead atoms. The molecule has 0 aliphatic heterocycles. The molecule has 0 heterocycles. The number of halogens is 1. The third-order valence-corrected chi connectivity index (χ3v) is 2.17. The molecule has 0 radical (unpaired) electrons. The summed E-state index contributed by atoms with van der Waals surface area (Å²) in [5, 5.41) is 21.8. The number of nitrogens with one attached hydrogen (secondary N) is 2. The van der Waals surface area contributed by atoms with Crippen LogP contribution in [-0.2, 0) is 4.79 Å². The molecule has 0 spiro atoms. The van der Waals surface area contributed by atoms with Crippen molar-refractivity contribution in [2.45, 2.75) is 13.0 Å². The van der Waals surface area contributed by atoms with Crippen LogP contribution in [0.2, 0.25) is 0 Å². The monoisotopic (exact) mass is 256 g/mol. The minimum atomic E-state index is -1.68. The van der Waals surface area contributed by atoms with E-state index < -0.39 is 30.5 Å². The lowest BCUT2D eigenvalue weighted by Gasteiger charge is -2.09. The van der Waals surface area contributed by atoms with Gasteiger partial charge in [-0.2, -0.15) is 0 Å². The molecule has 0 saturated heterocycles. The van der Waals surface area contributed by atoms with Gasteiger partial charge in [-0.1, -0.05) is 6.07 Å². The maximum atomic E-state index is 13.2. The number of carboxylic acid groups (broad SMARTS) is 1. The van der Waals surface area contributed by atoms with E-state index >= 15 is 0 Å². The van der Waals surface area contributed by atoms with Crippen molar-refractivity contribution in [1.29, 1.82) is 0 Å². The van der Waals surface area contributed by atoms with E-state index in [-0.39, 0.29) is 5.69 Å². The van der Waals surface area contributed by atoms with Gasteiger partial charge in [-0.15, -0.1) is 0 Å². The van der Waals surface area contributed by atoms with Gasteiger partial charge in [0.15, 0.2) is 6.10 Å². The molecule has 0 aliphatic carbocycles. The van der Waals surface area contributed by atoms with E-state index in [1.165, 1.54) is 12.1 Å². The zero-order valence-electron chi connectivity index (χ0n) is 9.61. The van der Waals surface area contributed by atoms with E-state index in [9.17, 15) is 14.0 Å². The van der Waals surface area contributed by atoms with Gasteiger partial charge in [0.2, 0.25) is 0 Å². The first-order chi connectivity index (χ1) is 8.40. The number of carboxylic acids is 1. The average molecular weight is 256 g/mol. The first kappa shape index (κ1) is 13.9. The SMILES string of the molecule is Cc1ccc(NC(=O)NCC(O)C(=O)O)cc1F.